The van der Waals surface area contributed by atoms with Gasteiger partial charge in [0.05, 0.1) is 5.69 Å². The van der Waals surface area contributed by atoms with Crippen LogP contribution < -0.4 is 4.90 Å². The fourth-order valence-electron chi connectivity index (χ4n) is 9.53. The van der Waals surface area contributed by atoms with E-state index in [1.807, 2.05) is 11.3 Å². The second-order valence-electron chi connectivity index (χ2n) is 16.4. The van der Waals surface area contributed by atoms with Gasteiger partial charge < -0.3 is 4.90 Å². The molecule has 0 aliphatic carbocycles. The van der Waals surface area contributed by atoms with Gasteiger partial charge in [-0.25, -0.2) is 0 Å². The first-order valence-electron chi connectivity index (χ1n) is 21.9. The van der Waals surface area contributed by atoms with Gasteiger partial charge in [-0.1, -0.05) is 200 Å². The molecule has 0 amide bonds. The molecule has 0 N–H and O–H groups in total. The topological polar surface area (TPSA) is 3.24 Å². The molecule has 0 aliphatic rings. The quantitative estimate of drug-likeness (QED) is 0.147. The predicted molar refractivity (Wildman–Crippen MR) is 276 cm³/mol. The van der Waals surface area contributed by atoms with Crippen molar-refractivity contribution in [2.75, 3.05) is 4.90 Å². The maximum Gasteiger partial charge on any atom is 0.0555 e. The number of fused-ring (bicyclic) bond motifs is 5. The Morgan fingerprint density at radius 1 is 0.281 bits per heavy atom. The highest BCUT2D eigenvalue weighted by Crippen LogP contribution is 2.49. The van der Waals surface area contributed by atoms with E-state index in [4.69, 9.17) is 0 Å². The molecular formula is C62H41NS. The molecule has 0 atom stereocenters. The molecule has 2 heteroatoms. The molecule has 12 aromatic rings. The van der Waals surface area contributed by atoms with E-state index in [-0.39, 0.29) is 0 Å². The van der Waals surface area contributed by atoms with Crippen LogP contribution in [-0.4, -0.2) is 0 Å². The Hall–Kier alpha value is -8.04. The Morgan fingerprint density at radius 3 is 1.41 bits per heavy atom. The molecule has 1 nitrogen and oxygen atoms in total. The first-order valence-corrected chi connectivity index (χ1v) is 22.7. The van der Waals surface area contributed by atoms with E-state index >= 15 is 0 Å². The number of thiophene rings is 1. The highest BCUT2D eigenvalue weighted by molar-refractivity contribution is 7.26. The molecule has 12 rings (SSSR count). The highest BCUT2D eigenvalue weighted by Gasteiger charge is 2.22. The van der Waals surface area contributed by atoms with Crippen molar-refractivity contribution in [3.8, 4) is 55.6 Å². The van der Waals surface area contributed by atoms with Crippen molar-refractivity contribution < 1.29 is 0 Å². The van der Waals surface area contributed by atoms with Crippen molar-refractivity contribution >= 4 is 70.1 Å². The summed E-state index contributed by atoms with van der Waals surface area (Å²) in [5.74, 6) is 0. The Bertz CT molecular complexity index is 3660. The van der Waals surface area contributed by atoms with Gasteiger partial charge in [0.15, 0.2) is 0 Å². The summed E-state index contributed by atoms with van der Waals surface area (Å²) in [6.07, 6.45) is 0. The lowest BCUT2D eigenvalue weighted by atomic mass is 9.89. The summed E-state index contributed by atoms with van der Waals surface area (Å²) in [5, 5.41) is 7.52. The lowest BCUT2D eigenvalue weighted by Gasteiger charge is -2.27. The highest BCUT2D eigenvalue weighted by atomic mass is 32.1. The molecule has 0 aliphatic heterocycles. The number of hydrogen-bond acceptors (Lipinski definition) is 2. The molecule has 0 saturated carbocycles. The van der Waals surface area contributed by atoms with Gasteiger partial charge in [0, 0.05) is 31.5 Å². The predicted octanol–water partition coefficient (Wildman–Crippen LogP) is 18.2. The zero-order valence-electron chi connectivity index (χ0n) is 35.0. The molecular weight excluding hydrogens is 791 g/mol. The maximum atomic E-state index is 2.45. The van der Waals surface area contributed by atoms with Crippen LogP contribution in [0, 0.1) is 0 Å². The summed E-state index contributed by atoms with van der Waals surface area (Å²) in [5.41, 5.74) is 15.5. The third kappa shape index (κ3) is 6.73. The van der Waals surface area contributed by atoms with Crippen LogP contribution in [0.15, 0.2) is 249 Å². The standard InChI is InChI=1S/C62H41NS/c1-2-16-45(17-3-1)55-38-39-59(61-58-24-12-13-25-60(58)64-62(55)61)63(51-34-30-44(31-35-51)49-28-26-42-14-4-6-18-47(42)40-49)52-36-32-46(33-37-52)53-20-8-10-22-56(53)57-23-11-9-21-54(57)50-29-27-43-15-5-7-19-48(43)41-50/h1-41H. The minimum Gasteiger partial charge on any atom is -0.310 e. The zero-order chi connectivity index (χ0) is 42.4. The van der Waals surface area contributed by atoms with Crippen molar-refractivity contribution in [1.82, 2.24) is 0 Å². The lowest BCUT2D eigenvalue weighted by Crippen LogP contribution is -2.10. The van der Waals surface area contributed by atoms with Crippen molar-refractivity contribution in [3.05, 3.63) is 249 Å². The second-order valence-corrected chi connectivity index (χ2v) is 17.5. The van der Waals surface area contributed by atoms with Crippen LogP contribution in [0.1, 0.15) is 0 Å². The van der Waals surface area contributed by atoms with Crippen molar-refractivity contribution in [1.29, 1.82) is 0 Å². The van der Waals surface area contributed by atoms with Crippen LogP contribution in [0.5, 0.6) is 0 Å². The number of hydrogen-bond donors (Lipinski definition) is 0. The van der Waals surface area contributed by atoms with Crippen LogP contribution in [0.25, 0.3) is 97.4 Å². The summed E-state index contributed by atoms with van der Waals surface area (Å²) in [6, 6.07) is 90.9. The Balaban J connectivity index is 0.997. The summed E-state index contributed by atoms with van der Waals surface area (Å²) < 4.78 is 2.57. The lowest BCUT2D eigenvalue weighted by molar-refractivity contribution is 1.30. The summed E-state index contributed by atoms with van der Waals surface area (Å²) in [7, 11) is 0. The molecule has 0 spiro atoms. The van der Waals surface area contributed by atoms with Crippen LogP contribution >= 0.6 is 11.3 Å². The van der Waals surface area contributed by atoms with Crippen LogP contribution in [0.2, 0.25) is 0 Å². The molecule has 0 unspecified atom stereocenters. The number of rotatable bonds is 8. The van der Waals surface area contributed by atoms with Gasteiger partial charge >= 0.3 is 0 Å². The first-order chi connectivity index (χ1) is 31.7. The number of anilines is 3. The van der Waals surface area contributed by atoms with Crippen molar-refractivity contribution in [2.45, 2.75) is 0 Å². The fraction of sp³-hybridized carbons (Fsp3) is 0. The van der Waals surface area contributed by atoms with Gasteiger partial charge in [-0.2, -0.15) is 0 Å². The monoisotopic (exact) mass is 831 g/mol. The van der Waals surface area contributed by atoms with Gasteiger partial charge in [-0.05, 0) is 126 Å². The van der Waals surface area contributed by atoms with Crippen LogP contribution in [-0.2, 0) is 0 Å². The summed E-state index contributed by atoms with van der Waals surface area (Å²) >= 11 is 1.88. The van der Waals surface area contributed by atoms with E-state index in [0.717, 1.165) is 17.1 Å². The minimum atomic E-state index is 1.10. The SMILES string of the molecule is c1ccc(-c2ccc(N(c3ccc(-c4ccc5ccccc5c4)cc3)c3ccc(-c4ccccc4-c4ccccc4-c4ccc5ccccc5c4)cc3)c3c2sc2ccccc23)cc1. The zero-order valence-corrected chi connectivity index (χ0v) is 35.8. The Kier molecular flexibility index (Phi) is 9.43. The largest absolute Gasteiger partial charge is 0.310 e. The third-order valence-electron chi connectivity index (χ3n) is 12.7. The molecule has 0 fully saturated rings. The van der Waals surface area contributed by atoms with E-state index in [2.05, 4.69) is 254 Å². The molecule has 1 heterocycles. The average Bonchev–Trinajstić information content (AvgIpc) is 3.77. The van der Waals surface area contributed by atoms with E-state index in [0.29, 0.717) is 0 Å². The van der Waals surface area contributed by atoms with Crippen LogP contribution in [0.4, 0.5) is 17.1 Å². The Labute approximate surface area is 377 Å². The molecule has 300 valence electrons. The number of nitrogens with zero attached hydrogens (tertiary/aromatic N) is 1. The average molecular weight is 832 g/mol. The maximum absolute atomic E-state index is 2.45. The molecule has 0 bridgehead atoms. The first kappa shape index (κ1) is 37.7. The molecule has 0 radical (unpaired) electrons. The Morgan fingerprint density at radius 2 is 0.750 bits per heavy atom. The fourth-order valence-corrected chi connectivity index (χ4v) is 10.8. The van der Waals surface area contributed by atoms with E-state index in [9.17, 15) is 0 Å². The third-order valence-corrected chi connectivity index (χ3v) is 13.9. The van der Waals surface area contributed by atoms with Gasteiger partial charge in [0.1, 0.15) is 0 Å². The molecule has 11 aromatic carbocycles. The van der Waals surface area contributed by atoms with Crippen LogP contribution in [0.3, 0.4) is 0 Å². The molecule has 0 saturated heterocycles. The smallest absolute Gasteiger partial charge is 0.0555 e. The minimum absolute atomic E-state index is 1.10. The summed E-state index contributed by atoms with van der Waals surface area (Å²) in [6.45, 7) is 0. The van der Waals surface area contributed by atoms with Gasteiger partial charge in [-0.15, -0.1) is 11.3 Å². The van der Waals surface area contributed by atoms with Crippen molar-refractivity contribution in [2.24, 2.45) is 0 Å². The van der Waals surface area contributed by atoms with Gasteiger partial charge in [-0.3, -0.25) is 0 Å². The van der Waals surface area contributed by atoms with Gasteiger partial charge in [0.25, 0.3) is 0 Å². The molecule has 64 heavy (non-hydrogen) atoms. The van der Waals surface area contributed by atoms with E-state index in [1.54, 1.807) is 0 Å². The van der Waals surface area contributed by atoms with E-state index in [1.165, 1.54) is 97.4 Å². The summed E-state index contributed by atoms with van der Waals surface area (Å²) in [4.78, 5) is 2.45. The van der Waals surface area contributed by atoms with E-state index < -0.39 is 0 Å². The second kappa shape index (κ2) is 16.0. The van der Waals surface area contributed by atoms with Gasteiger partial charge in [0.2, 0.25) is 0 Å². The molecule has 1 aromatic heterocycles. The normalized spacial score (nSPS) is 11.4. The number of benzene rings is 11. The van der Waals surface area contributed by atoms with Crippen molar-refractivity contribution in [3.63, 3.8) is 0 Å².